The van der Waals surface area contributed by atoms with E-state index in [1.165, 1.54) is 25.7 Å². The summed E-state index contributed by atoms with van der Waals surface area (Å²) in [4.78, 5) is 22.3. The molecule has 2 spiro atoms. The van der Waals surface area contributed by atoms with Crippen molar-refractivity contribution in [3.63, 3.8) is 0 Å². The average molecular weight is 660 g/mol. The van der Waals surface area contributed by atoms with Crippen LogP contribution >= 0.6 is 0 Å². The first-order chi connectivity index (χ1) is 23.0. The molecule has 2 saturated carbocycles. The predicted molar refractivity (Wildman–Crippen MR) is 185 cm³/mol. The average Bonchev–Trinajstić information content (AvgIpc) is 3.24. The van der Waals surface area contributed by atoms with Gasteiger partial charge in [0.2, 0.25) is 0 Å². The second-order valence-corrected chi connectivity index (χ2v) is 16.9. The van der Waals surface area contributed by atoms with Crippen LogP contribution in [0.4, 0.5) is 16.3 Å². The van der Waals surface area contributed by atoms with Crippen molar-refractivity contribution in [2.75, 3.05) is 76.1 Å². The number of morpholine rings is 1. The highest BCUT2D eigenvalue weighted by atomic mass is 16.6. The number of amides is 1. The van der Waals surface area contributed by atoms with E-state index in [4.69, 9.17) is 15.2 Å². The van der Waals surface area contributed by atoms with E-state index in [1.54, 1.807) is 6.07 Å². The summed E-state index contributed by atoms with van der Waals surface area (Å²) < 4.78 is 12.1. The Kier molecular flexibility index (Phi) is 8.03. The van der Waals surface area contributed by atoms with E-state index in [9.17, 15) is 9.90 Å². The van der Waals surface area contributed by atoms with Crippen molar-refractivity contribution >= 4 is 17.6 Å². The highest BCUT2D eigenvalue weighted by molar-refractivity contribution is 5.74. The molecule has 11 heteroatoms. The van der Waals surface area contributed by atoms with Gasteiger partial charge in [0.25, 0.3) is 0 Å². The molecule has 2 bridgehead atoms. The maximum atomic E-state index is 12.6. The fourth-order valence-corrected chi connectivity index (χ4v) is 9.97. The van der Waals surface area contributed by atoms with Crippen LogP contribution in [-0.4, -0.2) is 119 Å². The van der Waals surface area contributed by atoms with E-state index in [0.29, 0.717) is 46.3 Å². The van der Waals surface area contributed by atoms with Crippen LogP contribution in [0.3, 0.4) is 0 Å². The SMILES string of the molecule is CC(C)(C)OC(=O)N1CCC2(CC1)CC(N1CCOC3(CN(CC4C5CCC4CN(c4cc(-c6ccccc6O)nnc4N)C5)C3)C1)C2. The number of phenolic OH excluding ortho intramolecular Hbond substituents is 1. The molecule has 4 saturated heterocycles. The molecule has 48 heavy (non-hydrogen) atoms. The molecule has 2 aromatic rings. The van der Waals surface area contributed by atoms with Crippen molar-refractivity contribution in [3.05, 3.63) is 30.3 Å². The van der Waals surface area contributed by atoms with Crippen LogP contribution in [0.25, 0.3) is 11.3 Å². The minimum absolute atomic E-state index is 0.0165. The Bertz CT molecular complexity index is 1490. The summed E-state index contributed by atoms with van der Waals surface area (Å²) in [5.74, 6) is 2.63. The summed E-state index contributed by atoms with van der Waals surface area (Å²) in [7, 11) is 0. The Morgan fingerprint density at radius 2 is 1.75 bits per heavy atom. The van der Waals surface area contributed by atoms with Gasteiger partial charge in [-0.3, -0.25) is 9.80 Å². The summed E-state index contributed by atoms with van der Waals surface area (Å²) >= 11 is 0. The van der Waals surface area contributed by atoms with Crippen LogP contribution in [0.2, 0.25) is 0 Å². The van der Waals surface area contributed by atoms with E-state index in [2.05, 4.69) is 24.9 Å². The van der Waals surface area contributed by atoms with Gasteiger partial charge in [-0.25, -0.2) is 4.79 Å². The number of carbonyl (C=O) groups is 1. The number of hydrogen-bond donors (Lipinski definition) is 2. The Labute approximate surface area is 284 Å². The number of phenols is 1. The number of hydrogen-bond acceptors (Lipinski definition) is 10. The number of nitrogen functional groups attached to an aromatic ring is 1. The first-order valence-electron chi connectivity index (χ1n) is 18.2. The lowest BCUT2D eigenvalue weighted by Crippen LogP contribution is -2.72. The number of aromatic hydroxyl groups is 1. The molecule has 2 atom stereocenters. The smallest absolute Gasteiger partial charge is 0.410 e. The van der Waals surface area contributed by atoms with E-state index in [-0.39, 0.29) is 17.4 Å². The Morgan fingerprint density at radius 1 is 1.04 bits per heavy atom. The highest BCUT2D eigenvalue weighted by Gasteiger charge is 2.54. The molecular weight excluding hydrogens is 606 g/mol. The zero-order chi connectivity index (χ0) is 33.3. The Morgan fingerprint density at radius 3 is 2.44 bits per heavy atom. The number of carbonyl (C=O) groups excluding carboxylic acids is 1. The van der Waals surface area contributed by atoms with Gasteiger partial charge in [0, 0.05) is 70.5 Å². The van der Waals surface area contributed by atoms with Gasteiger partial charge < -0.3 is 30.1 Å². The van der Waals surface area contributed by atoms with Crippen molar-refractivity contribution in [3.8, 4) is 17.0 Å². The number of rotatable bonds is 5. The molecule has 6 aliphatic rings. The third-order valence-corrected chi connectivity index (χ3v) is 12.5. The molecule has 1 amide bonds. The number of benzene rings is 1. The molecule has 2 unspecified atom stereocenters. The lowest BCUT2D eigenvalue weighted by molar-refractivity contribution is -0.203. The van der Waals surface area contributed by atoms with Crippen LogP contribution in [0.15, 0.2) is 30.3 Å². The second-order valence-electron chi connectivity index (χ2n) is 16.9. The van der Waals surface area contributed by atoms with Crippen LogP contribution < -0.4 is 10.6 Å². The quantitative estimate of drug-likeness (QED) is 0.476. The van der Waals surface area contributed by atoms with Crippen molar-refractivity contribution in [1.29, 1.82) is 0 Å². The number of piperidine rings is 2. The number of nitrogens with two attached hydrogens (primary N) is 1. The fourth-order valence-electron chi connectivity index (χ4n) is 9.97. The van der Waals surface area contributed by atoms with Crippen LogP contribution in [-0.2, 0) is 9.47 Å². The van der Waals surface area contributed by atoms with Gasteiger partial charge in [0.15, 0.2) is 5.82 Å². The lowest BCUT2D eigenvalue weighted by Gasteiger charge is -2.60. The zero-order valence-corrected chi connectivity index (χ0v) is 28.9. The second kappa shape index (κ2) is 12.0. The maximum Gasteiger partial charge on any atom is 0.410 e. The Hall–Kier alpha value is -3.15. The summed E-state index contributed by atoms with van der Waals surface area (Å²) in [6.07, 6.45) is 7.05. The fraction of sp³-hybridized carbons (Fsp3) is 0.703. The molecular formula is C37H53N7O4. The molecule has 1 aromatic heterocycles. The standard InChI is InChI=1S/C37H53N7O4/c1-35(2,3)48-34(46)42-12-10-36(11-13-42)17-27(18-36)43-14-15-47-37(24-43)22-41(23-37)21-29-25-8-9-26(29)20-44(19-25)31-16-30(39-40-33(31)38)28-6-4-5-7-32(28)45/h4-7,16,25-27,29,45H,8-15,17-24H2,1-3H3,(H2,38,40). The van der Waals surface area contributed by atoms with Crippen molar-refractivity contribution in [2.24, 2.45) is 23.2 Å². The van der Waals surface area contributed by atoms with E-state index >= 15 is 0 Å². The van der Waals surface area contributed by atoms with Gasteiger partial charge in [0.05, 0.1) is 18.0 Å². The molecule has 260 valence electrons. The number of fused-ring (bicyclic) bond motifs is 2. The number of para-hydroxylation sites is 1. The zero-order valence-electron chi connectivity index (χ0n) is 28.9. The Balaban J connectivity index is 0.821. The van der Waals surface area contributed by atoms with E-state index in [0.717, 1.165) is 84.0 Å². The van der Waals surface area contributed by atoms with Gasteiger partial charge in [-0.05, 0) is 101 Å². The van der Waals surface area contributed by atoms with Crippen LogP contribution in [0.5, 0.6) is 5.75 Å². The summed E-state index contributed by atoms with van der Waals surface area (Å²) in [5.41, 5.74) is 8.58. The van der Waals surface area contributed by atoms with Gasteiger partial charge in [-0.1, -0.05) is 12.1 Å². The molecule has 2 aliphatic carbocycles. The molecule has 11 nitrogen and oxygen atoms in total. The summed E-state index contributed by atoms with van der Waals surface area (Å²) in [5, 5.41) is 19.0. The molecule has 8 rings (SSSR count). The predicted octanol–water partition coefficient (Wildman–Crippen LogP) is 4.46. The lowest BCUT2D eigenvalue weighted by atomic mass is 9.60. The highest BCUT2D eigenvalue weighted by Crippen LogP contribution is 2.52. The van der Waals surface area contributed by atoms with Gasteiger partial charge in [-0.15, -0.1) is 10.2 Å². The number of anilines is 2. The van der Waals surface area contributed by atoms with Gasteiger partial charge in [0.1, 0.15) is 17.0 Å². The van der Waals surface area contributed by atoms with Crippen LogP contribution in [0.1, 0.15) is 59.3 Å². The van der Waals surface area contributed by atoms with Crippen molar-refractivity contribution < 1.29 is 19.4 Å². The minimum Gasteiger partial charge on any atom is -0.507 e. The van der Waals surface area contributed by atoms with E-state index in [1.807, 2.05) is 49.9 Å². The van der Waals surface area contributed by atoms with Gasteiger partial charge in [-0.2, -0.15) is 0 Å². The van der Waals surface area contributed by atoms with E-state index < -0.39 is 5.60 Å². The largest absolute Gasteiger partial charge is 0.507 e. The molecule has 4 aliphatic heterocycles. The number of nitrogens with zero attached hydrogens (tertiary/aromatic N) is 6. The molecule has 0 radical (unpaired) electrons. The maximum absolute atomic E-state index is 12.6. The van der Waals surface area contributed by atoms with Crippen molar-refractivity contribution in [2.45, 2.75) is 76.5 Å². The monoisotopic (exact) mass is 659 g/mol. The third kappa shape index (κ3) is 6.11. The van der Waals surface area contributed by atoms with Crippen molar-refractivity contribution in [1.82, 2.24) is 24.9 Å². The minimum atomic E-state index is -0.442. The van der Waals surface area contributed by atoms with Gasteiger partial charge >= 0.3 is 6.09 Å². The number of aromatic nitrogens is 2. The third-order valence-electron chi connectivity index (χ3n) is 12.5. The molecule has 5 heterocycles. The number of ether oxygens (including phenoxy) is 2. The first kappa shape index (κ1) is 32.1. The number of likely N-dealkylation sites (tertiary alicyclic amines) is 2. The normalized spacial score (nSPS) is 28.8. The van der Waals surface area contributed by atoms with Crippen LogP contribution in [0, 0.1) is 23.2 Å². The first-order valence-corrected chi connectivity index (χ1v) is 18.2. The molecule has 3 N–H and O–H groups in total. The summed E-state index contributed by atoms with van der Waals surface area (Å²) in [6.45, 7) is 15.6. The topological polar surface area (TPSA) is 121 Å². The molecule has 6 fully saturated rings. The summed E-state index contributed by atoms with van der Waals surface area (Å²) in [6, 6.07) is 9.91. The molecule has 1 aromatic carbocycles.